The fourth-order valence-corrected chi connectivity index (χ4v) is 12.0. The number of carbonyl (C=O) groups excluding carboxylic acids is 1. The summed E-state index contributed by atoms with van der Waals surface area (Å²) in [6.45, 7) is 0.147. The highest BCUT2D eigenvalue weighted by Gasteiger charge is 2.33. The van der Waals surface area contributed by atoms with Crippen LogP contribution in [0.25, 0.3) is 11.1 Å². The van der Waals surface area contributed by atoms with Crippen LogP contribution in [0.2, 0.25) is 0 Å². The van der Waals surface area contributed by atoms with Crippen molar-refractivity contribution in [3.63, 3.8) is 0 Å². The van der Waals surface area contributed by atoms with Crippen LogP contribution in [0.15, 0.2) is 218 Å². The highest BCUT2D eigenvalue weighted by Crippen LogP contribution is 2.47. The van der Waals surface area contributed by atoms with Crippen LogP contribution < -0.4 is 35.6 Å². The van der Waals surface area contributed by atoms with Crippen molar-refractivity contribution in [2.45, 2.75) is 12.0 Å². The Bertz CT molecular complexity index is 2580. The second kappa shape index (κ2) is 17.4. The number of benzene rings is 8. The van der Waals surface area contributed by atoms with E-state index in [4.69, 9.17) is 13.8 Å². The molecule has 0 aromatic heterocycles. The predicted molar refractivity (Wildman–Crippen MR) is 244 cm³/mol. The first-order valence-corrected chi connectivity index (χ1v) is 23.3. The third-order valence-electron chi connectivity index (χ3n) is 10.9. The largest absolute Gasteiger partial charge is 0.449 e. The monoisotopic (exact) mass is 837 g/mol. The van der Waals surface area contributed by atoms with Gasteiger partial charge in [-0.05, 0) is 106 Å². The number of hydrogen-bond donors (Lipinski definition) is 1. The maximum Gasteiger partial charge on any atom is 0.407 e. The maximum atomic E-state index is 14.7. The molecule has 1 aliphatic carbocycles. The van der Waals surface area contributed by atoms with Crippen LogP contribution in [0, 0.1) is 0 Å². The maximum absolute atomic E-state index is 14.7. The summed E-state index contributed by atoms with van der Waals surface area (Å²) in [6, 6.07) is 66.8. The first-order chi connectivity index (χ1) is 29.9. The Hall–Kier alpha value is -6.91. The van der Waals surface area contributed by atoms with Crippen LogP contribution in [-0.2, 0) is 13.9 Å². The van der Waals surface area contributed by atoms with Gasteiger partial charge in [0.2, 0.25) is 0 Å². The van der Waals surface area contributed by atoms with Gasteiger partial charge in [-0.25, -0.2) is 4.79 Å². The van der Waals surface area contributed by atoms with Gasteiger partial charge in [-0.2, -0.15) is 0 Å². The molecule has 8 aromatic rings. The van der Waals surface area contributed by atoms with Crippen molar-refractivity contribution in [3.05, 3.63) is 241 Å². The number of ether oxygens (including phenoxy) is 1. The molecule has 7 nitrogen and oxygen atoms in total. The van der Waals surface area contributed by atoms with Crippen LogP contribution in [-0.4, -0.2) is 12.7 Å². The molecule has 1 amide bonds. The van der Waals surface area contributed by atoms with Crippen molar-refractivity contribution in [2.75, 3.05) is 6.61 Å². The summed E-state index contributed by atoms with van der Waals surface area (Å²) in [4.78, 5) is 13.9. The summed E-state index contributed by atoms with van der Waals surface area (Å²) in [5.74, 6) is 0.696. The molecule has 0 spiro atoms. The Morgan fingerprint density at radius 2 is 0.770 bits per heavy atom. The molecule has 300 valence electrons. The number of alkyl carbamates (subject to hydrolysis) is 1. The smallest absolute Gasteiger partial charge is 0.407 e. The number of rotatable bonds is 13. The average Bonchev–Trinajstić information content (AvgIpc) is 3.65. The van der Waals surface area contributed by atoms with E-state index in [9.17, 15) is 13.9 Å². The number of hydrogen-bond acceptors (Lipinski definition) is 6. The number of nitrogens with one attached hydrogen (secondary N) is 1. The molecule has 0 saturated carbocycles. The Morgan fingerprint density at radius 1 is 0.443 bits per heavy atom. The van der Waals surface area contributed by atoms with Gasteiger partial charge in [-0.1, -0.05) is 146 Å². The first-order valence-electron chi connectivity index (χ1n) is 20.0. The minimum absolute atomic E-state index is 0.112. The van der Waals surface area contributed by atoms with Crippen LogP contribution in [0.1, 0.15) is 34.2 Å². The van der Waals surface area contributed by atoms with Crippen molar-refractivity contribution in [1.82, 2.24) is 5.32 Å². The van der Waals surface area contributed by atoms with E-state index in [0.717, 1.165) is 33.4 Å². The number of amides is 1. The van der Waals surface area contributed by atoms with Crippen LogP contribution in [0.5, 0.6) is 11.5 Å². The van der Waals surface area contributed by atoms with Crippen molar-refractivity contribution in [2.24, 2.45) is 0 Å². The van der Waals surface area contributed by atoms with Crippen molar-refractivity contribution >= 4 is 42.0 Å². The summed E-state index contributed by atoms with van der Waals surface area (Å²) in [5.41, 5.74) is 5.97. The molecule has 0 fully saturated rings. The van der Waals surface area contributed by atoms with Gasteiger partial charge < -0.3 is 19.1 Å². The van der Waals surface area contributed by atoms with Crippen LogP contribution >= 0.6 is 14.7 Å². The Balaban J connectivity index is 1.01. The Morgan fingerprint density at radius 3 is 1.13 bits per heavy atom. The summed E-state index contributed by atoms with van der Waals surface area (Å²) < 4.78 is 48.2. The van der Waals surface area contributed by atoms with E-state index in [1.54, 1.807) is 24.3 Å². The lowest BCUT2D eigenvalue weighted by Crippen LogP contribution is -2.31. The molecular formula is C52H41NO6P2. The Kier molecular flexibility index (Phi) is 11.3. The molecule has 0 radical (unpaired) electrons. The molecule has 0 heterocycles. The summed E-state index contributed by atoms with van der Waals surface area (Å²) in [6.07, 6.45) is -0.595. The topological polar surface area (TPSA) is 90.9 Å². The van der Waals surface area contributed by atoms with Gasteiger partial charge in [0, 0.05) is 5.92 Å². The van der Waals surface area contributed by atoms with Gasteiger partial charge in [0.1, 0.15) is 18.1 Å². The predicted octanol–water partition coefficient (Wildman–Crippen LogP) is 10.9. The van der Waals surface area contributed by atoms with E-state index < -0.39 is 26.9 Å². The SMILES string of the molecule is O=C(NC(c1ccc(OP(=O)(c2ccccc2)c2ccccc2)cc1)c1ccc(OP(=O)(c2ccccc2)c2ccccc2)cc1)OCC1c2ccccc2-c2ccccc21. The molecule has 9 rings (SSSR count). The van der Waals surface area contributed by atoms with Gasteiger partial charge in [0.05, 0.1) is 27.3 Å². The molecule has 8 aromatic carbocycles. The summed E-state index contributed by atoms with van der Waals surface area (Å²) >= 11 is 0. The lowest BCUT2D eigenvalue weighted by molar-refractivity contribution is 0.140. The fraction of sp³-hybridized carbons (Fsp3) is 0.0577. The van der Waals surface area contributed by atoms with Crippen LogP contribution in [0.3, 0.4) is 0 Å². The van der Waals surface area contributed by atoms with Gasteiger partial charge in [0.25, 0.3) is 0 Å². The van der Waals surface area contributed by atoms with E-state index in [1.807, 2.05) is 170 Å². The normalized spacial score (nSPS) is 12.3. The quantitative estimate of drug-likeness (QED) is 0.116. The molecule has 1 aliphatic rings. The minimum atomic E-state index is -3.53. The highest BCUT2D eigenvalue weighted by molar-refractivity contribution is 7.75. The molecule has 0 atom stereocenters. The zero-order chi connectivity index (χ0) is 41.7. The molecular weight excluding hydrogens is 797 g/mol. The van der Waals surface area contributed by atoms with Crippen LogP contribution in [0.4, 0.5) is 4.79 Å². The zero-order valence-corrected chi connectivity index (χ0v) is 34.8. The van der Waals surface area contributed by atoms with Gasteiger partial charge in [0.15, 0.2) is 0 Å². The molecule has 0 aliphatic heterocycles. The third kappa shape index (κ3) is 8.19. The second-order valence-corrected chi connectivity index (χ2v) is 19.3. The first kappa shape index (κ1) is 39.5. The highest BCUT2D eigenvalue weighted by atomic mass is 31.2. The van der Waals surface area contributed by atoms with E-state index in [2.05, 4.69) is 29.6 Å². The molecule has 1 N–H and O–H groups in total. The number of fused-ring (bicyclic) bond motifs is 3. The lowest BCUT2D eigenvalue weighted by Gasteiger charge is -2.23. The van der Waals surface area contributed by atoms with E-state index >= 15 is 0 Å². The fourth-order valence-electron chi connectivity index (χ4n) is 7.86. The van der Waals surface area contributed by atoms with Gasteiger partial charge >= 0.3 is 20.8 Å². The molecule has 0 saturated heterocycles. The second-order valence-electron chi connectivity index (χ2n) is 14.7. The van der Waals surface area contributed by atoms with Gasteiger partial charge in [-0.15, -0.1) is 0 Å². The van der Waals surface area contributed by atoms with E-state index in [1.165, 1.54) is 0 Å². The van der Waals surface area contributed by atoms with Gasteiger partial charge in [-0.3, -0.25) is 9.13 Å². The summed E-state index contributed by atoms with van der Waals surface area (Å²) in [5, 5.41) is 5.41. The standard InChI is InChI=1S/C52H41NO6P2/c54-52(57-37-50-48-27-15-13-25-46(48)47-26-14-16-28-49(47)50)53-51(38-29-33-40(34-30-38)58-60(55,42-17-5-1-6-18-42)43-19-7-2-8-20-43)39-31-35-41(36-32-39)59-61(56,44-21-9-3-10-22-44)45-23-11-4-12-24-45/h1-36,50-51H,37H2,(H,53,54). The number of carbonyl (C=O) groups is 1. The van der Waals surface area contributed by atoms with E-state index in [0.29, 0.717) is 32.7 Å². The van der Waals surface area contributed by atoms with E-state index in [-0.39, 0.29) is 12.5 Å². The molecule has 61 heavy (non-hydrogen) atoms. The lowest BCUT2D eigenvalue weighted by atomic mass is 9.98. The van der Waals surface area contributed by atoms with Crippen molar-refractivity contribution < 1.29 is 27.7 Å². The average molecular weight is 838 g/mol. The molecule has 0 bridgehead atoms. The molecule has 0 unspecified atom stereocenters. The molecule has 9 heteroatoms. The third-order valence-corrected chi connectivity index (χ3v) is 15.7. The van der Waals surface area contributed by atoms with Crippen molar-refractivity contribution in [3.8, 4) is 22.6 Å². The Labute approximate surface area is 355 Å². The zero-order valence-electron chi connectivity index (χ0n) is 33.0. The minimum Gasteiger partial charge on any atom is -0.449 e. The van der Waals surface area contributed by atoms with Crippen molar-refractivity contribution in [1.29, 1.82) is 0 Å². The summed E-state index contributed by atoms with van der Waals surface area (Å²) in [7, 11) is -7.05.